The monoisotopic (exact) mass is 334 g/mol. The number of rotatable bonds is 6. The zero-order valence-corrected chi connectivity index (χ0v) is 15.1. The van der Waals surface area contributed by atoms with E-state index in [9.17, 15) is 4.79 Å². The van der Waals surface area contributed by atoms with Gasteiger partial charge >= 0.3 is 13.1 Å². The minimum Gasteiger partial charge on any atom is -0.492 e. The predicted molar refractivity (Wildman–Crippen MR) is 94.7 cm³/mol. The molecule has 1 fully saturated rings. The highest BCUT2D eigenvalue weighted by atomic mass is 16.7. The number of benzene rings is 1. The average molecular weight is 334 g/mol. The van der Waals surface area contributed by atoms with Crippen molar-refractivity contribution >= 4 is 18.6 Å². The molecular formula is C17H27BN2O4. The summed E-state index contributed by atoms with van der Waals surface area (Å²) in [4.78, 5) is 11.2. The zero-order valence-electron chi connectivity index (χ0n) is 15.1. The predicted octanol–water partition coefficient (Wildman–Crippen LogP) is 1.68. The summed E-state index contributed by atoms with van der Waals surface area (Å²) in [5.41, 5.74) is 0.260. The van der Waals surface area contributed by atoms with Crippen LogP contribution in [0.1, 0.15) is 34.6 Å². The first-order valence-electron chi connectivity index (χ1n) is 8.35. The lowest BCUT2D eigenvalue weighted by atomic mass is 9.79. The fourth-order valence-electron chi connectivity index (χ4n) is 2.26. The van der Waals surface area contributed by atoms with Crippen molar-refractivity contribution in [3.8, 4) is 5.75 Å². The van der Waals surface area contributed by atoms with Gasteiger partial charge in [-0.1, -0.05) is 12.1 Å². The smallest absolute Gasteiger partial charge is 0.492 e. The molecular weight excluding hydrogens is 307 g/mol. The fourth-order valence-corrected chi connectivity index (χ4v) is 2.26. The molecule has 1 saturated heterocycles. The van der Waals surface area contributed by atoms with E-state index >= 15 is 0 Å². The Balaban J connectivity index is 1.83. The normalized spacial score (nSPS) is 18.3. The van der Waals surface area contributed by atoms with E-state index in [1.807, 2.05) is 58.9 Å². The topological polar surface area (TPSA) is 68.8 Å². The van der Waals surface area contributed by atoms with Crippen molar-refractivity contribution in [2.75, 3.05) is 19.7 Å². The number of urea groups is 1. The largest absolute Gasteiger partial charge is 0.494 e. The van der Waals surface area contributed by atoms with Gasteiger partial charge in [-0.15, -0.1) is 0 Å². The number of nitrogens with one attached hydrogen (secondary N) is 2. The molecule has 0 aromatic heterocycles. The van der Waals surface area contributed by atoms with E-state index in [0.717, 1.165) is 11.2 Å². The van der Waals surface area contributed by atoms with Crippen molar-refractivity contribution in [2.45, 2.75) is 45.8 Å². The molecule has 2 N–H and O–H groups in total. The van der Waals surface area contributed by atoms with Crippen LogP contribution >= 0.6 is 0 Å². The van der Waals surface area contributed by atoms with Gasteiger partial charge in [0.05, 0.1) is 17.7 Å². The molecule has 0 aliphatic carbocycles. The maximum absolute atomic E-state index is 11.2. The summed E-state index contributed by atoms with van der Waals surface area (Å²) in [6.07, 6.45) is 0. The molecule has 1 aliphatic heterocycles. The average Bonchev–Trinajstić information content (AvgIpc) is 2.73. The third-order valence-corrected chi connectivity index (χ3v) is 4.40. The highest BCUT2D eigenvalue weighted by Crippen LogP contribution is 2.36. The van der Waals surface area contributed by atoms with Crippen LogP contribution in [0.3, 0.4) is 0 Å². The number of hydrogen-bond donors (Lipinski definition) is 2. The van der Waals surface area contributed by atoms with Crippen LogP contribution in [0.25, 0.3) is 0 Å². The van der Waals surface area contributed by atoms with Gasteiger partial charge in [-0.2, -0.15) is 0 Å². The van der Waals surface area contributed by atoms with E-state index in [1.54, 1.807) is 0 Å². The van der Waals surface area contributed by atoms with Crippen LogP contribution in [0.4, 0.5) is 4.79 Å². The first kappa shape index (κ1) is 18.6. The van der Waals surface area contributed by atoms with Gasteiger partial charge in [0, 0.05) is 6.54 Å². The quantitative estimate of drug-likeness (QED) is 0.614. The maximum atomic E-state index is 11.2. The van der Waals surface area contributed by atoms with Crippen LogP contribution in [0, 0.1) is 0 Å². The molecule has 1 aliphatic rings. The van der Waals surface area contributed by atoms with E-state index < -0.39 is 0 Å². The Labute approximate surface area is 144 Å². The summed E-state index contributed by atoms with van der Waals surface area (Å²) in [6.45, 7) is 11.5. The van der Waals surface area contributed by atoms with Crippen LogP contribution in [0.15, 0.2) is 24.3 Å². The Bertz CT molecular complexity index is 544. The summed E-state index contributed by atoms with van der Waals surface area (Å²) in [5, 5.41) is 5.38. The standard InChI is InChI=1S/C17H27BN2O4/c1-6-19-15(21)20-11-12-22-14-9-7-13(8-10-14)18-23-16(2,3)17(4,5)24-18/h7-10H,6,11-12H2,1-5H3,(H2,19,20,21). The lowest BCUT2D eigenvalue weighted by Crippen LogP contribution is -2.41. The summed E-state index contributed by atoms with van der Waals surface area (Å²) >= 11 is 0. The molecule has 0 saturated carbocycles. The number of carbonyl (C=O) groups is 1. The molecule has 6 nitrogen and oxygen atoms in total. The van der Waals surface area contributed by atoms with E-state index in [2.05, 4.69) is 10.6 Å². The van der Waals surface area contributed by atoms with Gasteiger partial charge in [0.15, 0.2) is 0 Å². The Hall–Kier alpha value is -1.73. The number of amides is 2. The van der Waals surface area contributed by atoms with Crippen LogP contribution < -0.4 is 20.8 Å². The first-order chi connectivity index (χ1) is 11.2. The van der Waals surface area contributed by atoms with Crippen LogP contribution in [-0.4, -0.2) is 44.0 Å². The summed E-state index contributed by atoms with van der Waals surface area (Å²) in [7, 11) is -0.372. The molecule has 7 heteroatoms. The van der Waals surface area contributed by atoms with Gasteiger partial charge < -0.3 is 24.7 Å². The molecule has 0 radical (unpaired) electrons. The first-order valence-corrected chi connectivity index (χ1v) is 8.35. The van der Waals surface area contributed by atoms with Crippen molar-refractivity contribution < 1.29 is 18.8 Å². The molecule has 0 spiro atoms. The number of ether oxygens (including phenoxy) is 1. The fraction of sp³-hybridized carbons (Fsp3) is 0.588. The third-order valence-electron chi connectivity index (χ3n) is 4.40. The lowest BCUT2D eigenvalue weighted by Gasteiger charge is -2.32. The van der Waals surface area contributed by atoms with Crippen molar-refractivity contribution in [1.82, 2.24) is 10.6 Å². The highest BCUT2D eigenvalue weighted by molar-refractivity contribution is 6.62. The zero-order chi connectivity index (χ0) is 17.8. The maximum Gasteiger partial charge on any atom is 0.494 e. The molecule has 132 valence electrons. The van der Waals surface area contributed by atoms with Crippen molar-refractivity contribution in [3.05, 3.63) is 24.3 Å². The Kier molecular flexibility index (Phi) is 5.77. The molecule has 0 unspecified atom stereocenters. The molecule has 0 atom stereocenters. The van der Waals surface area contributed by atoms with Gasteiger partial charge in [0.25, 0.3) is 0 Å². The van der Waals surface area contributed by atoms with Gasteiger partial charge in [0.1, 0.15) is 12.4 Å². The second kappa shape index (κ2) is 7.44. The molecule has 2 rings (SSSR count). The van der Waals surface area contributed by atoms with Gasteiger partial charge in [-0.3, -0.25) is 0 Å². The molecule has 2 amide bonds. The second-order valence-electron chi connectivity index (χ2n) is 6.79. The van der Waals surface area contributed by atoms with Crippen molar-refractivity contribution in [3.63, 3.8) is 0 Å². The van der Waals surface area contributed by atoms with Gasteiger partial charge in [-0.05, 0) is 52.2 Å². The molecule has 0 bridgehead atoms. The highest BCUT2D eigenvalue weighted by Gasteiger charge is 2.51. The minimum atomic E-state index is -0.372. The van der Waals surface area contributed by atoms with Crippen molar-refractivity contribution in [2.24, 2.45) is 0 Å². The van der Waals surface area contributed by atoms with Gasteiger partial charge in [0.2, 0.25) is 0 Å². The third kappa shape index (κ3) is 4.42. The van der Waals surface area contributed by atoms with Crippen LogP contribution in [0.2, 0.25) is 0 Å². The molecule has 1 aromatic rings. The Morgan fingerprint density at radius 2 is 1.67 bits per heavy atom. The SMILES string of the molecule is CCNC(=O)NCCOc1ccc(B2OC(C)(C)C(C)(C)O2)cc1. The van der Waals surface area contributed by atoms with E-state index in [1.165, 1.54) is 0 Å². The van der Waals surface area contributed by atoms with E-state index in [-0.39, 0.29) is 24.4 Å². The van der Waals surface area contributed by atoms with E-state index in [0.29, 0.717) is 19.7 Å². The van der Waals surface area contributed by atoms with Crippen LogP contribution in [0.5, 0.6) is 5.75 Å². The summed E-state index contributed by atoms with van der Waals surface area (Å²) in [6, 6.07) is 7.46. The second-order valence-corrected chi connectivity index (χ2v) is 6.79. The molecule has 1 aromatic carbocycles. The van der Waals surface area contributed by atoms with Crippen molar-refractivity contribution in [1.29, 1.82) is 0 Å². The lowest BCUT2D eigenvalue weighted by molar-refractivity contribution is 0.00578. The van der Waals surface area contributed by atoms with Crippen LogP contribution in [-0.2, 0) is 9.31 Å². The summed E-state index contributed by atoms with van der Waals surface area (Å²) in [5.74, 6) is 0.743. The number of carbonyl (C=O) groups excluding carboxylic acids is 1. The Morgan fingerprint density at radius 3 is 2.21 bits per heavy atom. The molecule has 24 heavy (non-hydrogen) atoms. The number of hydrogen-bond acceptors (Lipinski definition) is 4. The van der Waals surface area contributed by atoms with E-state index in [4.69, 9.17) is 14.0 Å². The molecule has 1 heterocycles. The Morgan fingerprint density at radius 1 is 1.08 bits per heavy atom. The van der Waals surface area contributed by atoms with Gasteiger partial charge in [-0.25, -0.2) is 4.79 Å². The minimum absolute atomic E-state index is 0.183. The summed E-state index contributed by atoms with van der Waals surface area (Å²) < 4.78 is 17.7.